The predicted molar refractivity (Wildman–Crippen MR) is 376 cm³/mol. The fourth-order valence-corrected chi connectivity index (χ4v) is 21.5. The molecule has 0 saturated heterocycles. The Kier molecular flexibility index (Phi) is 12.0. The van der Waals surface area contributed by atoms with Crippen molar-refractivity contribution in [1.82, 2.24) is 0 Å². The second kappa shape index (κ2) is 20.6. The van der Waals surface area contributed by atoms with Crippen molar-refractivity contribution in [2.24, 2.45) is 0 Å². The molecule has 14 aromatic rings. The van der Waals surface area contributed by atoms with Gasteiger partial charge in [-0.15, -0.1) is 0 Å². The fraction of sp³-hybridized carbons (Fsp3) is 0. The van der Waals surface area contributed by atoms with Crippen LogP contribution in [-0.2, 0) is 0 Å². The van der Waals surface area contributed by atoms with Crippen LogP contribution in [0, 0.1) is 0 Å². The Labute approximate surface area is 523 Å². The van der Waals surface area contributed by atoms with Crippen LogP contribution in [0.5, 0.6) is 0 Å². The van der Waals surface area contributed by atoms with Gasteiger partial charge in [-0.05, 0) is 0 Å². The number of nitrogens with zero attached hydrogens (tertiary/aromatic N) is 4. The Hall–Kier alpha value is -9.55. The molecule has 87 heavy (non-hydrogen) atoms. The first-order valence-corrected chi connectivity index (χ1v) is 34.0. The molecule has 406 valence electrons. The van der Waals surface area contributed by atoms with E-state index in [2.05, 4.69) is 323 Å². The quantitative estimate of drug-likeness (QED) is 0.134. The first kappa shape index (κ1) is 50.7. The molecule has 5 heterocycles. The molecule has 1 aromatic heterocycles. The van der Waals surface area contributed by atoms with E-state index in [9.17, 15) is 0 Å². The summed E-state index contributed by atoms with van der Waals surface area (Å²) in [6.07, 6.45) is 0. The van der Waals surface area contributed by atoms with Crippen LogP contribution in [-0.4, -0.2) is 43.3 Å². The van der Waals surface area contributed by atoms with Crippen molar-refractivity contribution < 1.29 is 0 Å². The van der Waals surface area contributed by atoms with E-state index < -0.39 is 0 Å². The molecule has 13 aromatic carbocycles. The van der Waals surface area contributed by atoms with Gasteiger partial charge >= 0.3 is 528 Å². The average molecular weight is 1250 g/mol. The van der Waals surface area contributed by atoms with Gasteiger partial charge in [0, 0.05) is 0 Å². The number of para-hydroxylation sites is 8. The molecule has 0 unspecified atom stereocenters. The van der Waals surface area contributed by atoms with Crippen LogP contribution in [0.2, 0.25) is 0 Å². The van der Waals surface area contributed by atoms with Gasteiger partial charge in [0.05, 0.1) is 0 Å². The molecule has 0 N–H and O–H groups in total. The summed E-state index contributed by atoms with van der Waals surface area (Å²) in [7, 11) is 0. The Balaban J connectivity index is 0.960. The summed E-state index contributed by atoms with van der Waals surface area (Å²) in [6, 6.07) is 114. The molecular weight excluding hydrogens is 1200 g/mol. The molecule has 4 aliphatic rings. The third-order valence-corrected chi connectivity index (χ3v) is 24.1. The number of anilines is 12. The number of benzene rings is 13. The molecule has 0 bridgehead atoms. The minimum atomic E-state index is -0.155. The van der Waals surface area contributed by atoms with E-state index in [1.807, 2.05) is 11.3 Å². The standard InChI is InChI=1S/C78H50B2N4SSe2/c1-7-26-51(27-8-1)81(52-28-9-2-10-29-52)57-46-68-74-71(48-57)86-77-64(79(74)62-41-20-22-43-66(62)83(68)55-34-15-5-16-35-55)50-65-78(73(77)61-40-25-39-60-59-38-19-24-45-70(59)85-76(60)61)87-72-49-58(82(53-30-11-3-12-31-53)54-32-13-4-14-33-54)47-69-75(72)80(65)63-42-21-23-44-67(63)84(69)56-36-17-6-18-37-56/h1-50H. The van der Waals surface area contributed by atoms with Crippen LogP contribution < -0.4 is 70.2 Å². The van der Waals surface area contributed by atoms with Crippen LogP contribution in [0.3, 0.4) is 0 Å². The van der Waals surface area contributed by atoms with E-state index in [0.29, 0.717) is 0 Å². The minimum absolute atomic E-state index is 0.0425. The first-order chi connectivity index (χ1) is 43.2. The van der Waals surface area contributed by atoms with Gasteiger partial charge in [0.15, 0.2) is 0 Å². The van der Waals surface area contributed by atoms with Crippen molar-refractivity contribution in [3.63, 3.8) is 0 Å². The van der Waals surface area contributed by atoms with E-state index in [1.54, 1.807) is 0 Å². The van der Waals surface area contributed by atoms with Crippen molar-refractivity contribution in [3.8, 4) is 11.1 Å². The van der Waals surface area contributed by atoms with Crippen molar-refractivity contribution >= 4 is 194 Å². The zero-order valence-electron chi connectivity index (χ0n) is 47.0. The molecule has 4 aliphatic heterocycles. The summed E-state index contributed by atoms with van der Waals surface area (Å²) in [4.78, 5) is 10.1. The summed E-state index contributed by atoms with van der Waals surface area (Å²) in [5, 5.41) is 2.65. The summed E-state index contributed by atoms with van der Waals surface area (Å²) in [6.45, 7) is -0.0850. The summed E-state index contributed by atoms with van der Waals surface area (Å²) >= 11 is 1.65. The molecule has 9 heteroatoms. The molecule has 0 saturated carbocycles. The number of thiophene rings is 1. The molecule has 0 aliphatic carbocycles. The topological polar surface area (TPSA) is 13.0 Å². The van der Waals surface area contributed by atoms with Gasteiger partial charge in [-0.1, -0.05) is 0 Å². The second-order valence-corrected chi connectivity index (χ2v) is 28.1. The van der Waals surface area contributed by atoms with Gasteiger partial charge in [0.1, 0.15) is 0 Å². The van der Waals surface area contributed by atoms with Gasteiger partial charge in [-0.2, -0.15) is 0 Å². The predicted octanol–water partition coefficient (Wildman–Crippen LogP) is 13.2. The average Bonchev–Trinajstić information content (AvgIpc) is 0.896. The maximum absolute atomic E-state index is 2.75. The summed E-state index contributed by atoms with van der Waals surface area (Å²) in [5.41, 5.74) is 25.2. The summed E-state index contributed by atoms with van der Waals surface area (Å²) in [5.74, 6) is 0. The van der Waals surface area contributed by atoms with Crippen molar-refractivity contribution in [3.05, 3.63) is 303 Å². The number of fused-ring (bicyclic) bond motifs is 11. The van der Waals surface area contributed by atoms with E-state index in [1.165, 1.54) is 105 Å². The molecule has 4 nitrogen and oxygen atoms in total. The first-order valence-electron chi connectivity index (χ1n) is 29.7. The molecule has 0 fully saturated rings. The van der Waals surface area contributed by atoms with Gasteiger partial charge in [-0.3, -0.25) is 0 Å². The zero-order valence-corrected chi connectivity index (χ0v) is 51.3. The van der Waals surface area contributed by atoms with E-state index in [4.69, 9.17) is 0 Å². The van der Waals surface area contributed by atoms with Gasteiger partial charge in [-0.25, -0.2) is 0 Å². The Morgan fingerprint density at radius 1 is 0.310 bits per heavy atom. The van der Waals surface area contributed by atoms with Crippen LogP contribution in [0.15, 0.2) is 303 Å². The van der Waals surface area contributed by atoms with E-state index in [-0.39, 0.29) is 43.3 Å². The van der Waals surface area contributed by atoms with E-state index >= 15 is 0 Å². The summed E-state index contributed by atoms with van der Waals surface area (Å²) < 4.78 is 8.50. The maximum atomic E-state index is 2.75. The van der Waals surface area contributed by atoms with Gasteiger partial charge < -0.3 is 0 Å². The molecule has 0 radical (unpaired) electrons. The van der Waals surface area contributed by atoms with E-state index in [0.717, 1.165) is 45.5 Å². The second-order valence-electron chi connectivity index (χ2n) is 22.7. The Morgan fingerprint density at radius 2 is 0.701 bits per heavy atom. The molecule has 0 atom stereocenters. The number of hydrogen-bond donors (Lipinski definition) is 0. The molecule has 0 spiro atoms. The van der Waals surface area contributed by atoms with Gasteiger partial charge in [0.25, 0.3) is 0 Å². The van der Waals surface area contributed by atoms with Crippen LogP contribution in [0.25, 0.3) is 31.3 Å². The third-order valence-electron chi connectivity index (χ3n) is 17.9. The Morgan fingerprint density at radius 3 is 1.16 bits per heavy atom. The molecule has 18 rings (SSSR count). The zero-order chi connectivity index (χ0) is 57.1. The molecule has 0 amide bonds. The van der Waals surface area contributed by atoms with Crippen molar-refractivity contribution in [1.29, 1.82) is 0 Å². The van der Waals surface area contributed by atoms with Crippen LogP contribution in [0.1, 0.15) is 0 Å². The Bertz CT molecular complexity index is 4700. The van der Waals surface area contributed by atoms with Gasteiger partial charge in [0.2, 0.25) is 0 Å². The monoisotopic (exact) mass is 1260 g/mol. The SMILES string of the molecule is c1ccc(N(c2ccccc2)c2cc3c4c(c2)N(c2ccccc2)c2ccccc2B4c2cc4c(c(-c5cccc6c5sc5ccccc56)c2[Se]3)[Se]c2cc(N(c3ccccc3)c3ccccc3)cc3c2B4c2ccccc2N3c2ccccc2)cc1. The number of hydrogen-bond acceptors (Lipinski definition) is 5. The van der Waals surface area contributed by atoms with Crippen LogP contribution >= 0.6 is 11.3 Å². The van der Waals surface area contributed by atoms with Crippen molar-refractivity contribution in [2.75, 3.05) is 19.6 Å². The molecular formula is C78H50B2N4SSe2. The normalized spacial score (nSPS) is 13.1. The fourth-order valence-electron chi connectivity index (χ4n) is 14.3. The third kappa shape index (κ3) is 8.05. The van der Waals surface area contributed by atoms with Crippen LogP contribution in [0.4, 0.5) is 68.2 Å². The van der Waals surface area contributed by atoms with Crippen molar-refractivity contribution in [2.45, 2.75) is 0 Å². The number of rotatable bonds is 9.